The van der Waals surface area contributed by atoms with Crippen molar-refractivity contribution in [2.75, 3.05) is 0 Å². The lowest BCUT2D eigenvalue weighted by atomic mass is 10.2. The molecule has 0 aliphatic carbocycles. The molecule has 1 N–H and O–H groups in total. The summed E-state index contributed by atoms with van der Waals surface area (Å²) in [5.41, 5.74) is 2.46. The lowest BCUT2D eigenvalue weighted by Crippen LogP contribution is -2.15. The fraction of sp³-hybridized carbons (Fsp3) is 0.167. The minimum atomic E-state index is -0.0426. The molecule has 0 saturated carbocycles. The van der Waals surface area contributed by atoms with E-state index in [1.165, 1.54) is 0 Å². The highest BCUT2D eigenvalue weighted by Gasteiger charge is 2.18. The first kappa shape index (κ1) is 12.3. The molecule has 0 unspecified atom stereocenters. The van der Waals surface area contributed by atoms with Gasteiger partial charge in [0.2, 0.25) is 0 Å². The Hall–Kier alpha value is -0.780. The van der Waals surface area contributed by atoms with Crippen molar-refractivity contribution in [2.24, 2.45) is 0 Å². The Balaban J connectivity index is 2.15. The molecule has 0 spiro atoms. The van der Waals surface area contributed by atoms with Gasteiger partial charge in [-0.05, 0) is 28.1 Å². The number of rotatable bonds is 1. The summed E-state index contributed by atoms with van der Waals surface area (Å²) in [6.45, 7) is 0. The largest absolute Gasteiger partial charge is 0.306 e. The molecular formula is C12H8BrClN2OS. The number of fused-ring (bicyclic) bond motifs is 1. The third kappa shape index (κ3) is 2.11. The Morgan fingerprint density at radius 2 is 2.22 bits per heavy atom. The van der Waals surface area contributed by atoms with Crippen molar-refractivity contribution in [1.29, 1.82) is 0 Å². The van der Waals surface area contributed by atoms with Crippen LogP contribution in [0.1, 0.15) is 11.3 Å². The van der Waals surface area contributed by atoms with Gasteiger partial charge in [0, 0.05) is 27.1 Å². The van der Waals surface area contributed by atoms with E-state index in [2.05, 4.69) is 25.9 Å². The highest BCUT2D eigenvalue weighted by atomic mass is 79.9. The van der Waals surface area contributed by atoms with Gasteiger partial charge in [0.1, 0.15) is 5.82 Å². The fourth-order valence-corrected chi connectivity index (χ4v) is 3.31. The van der Waals surface area contributed by atoms with Crippen LogP contribution in [0, 0.1) is 0 Å². The molecule has 1 aromatic heterocycles. The van der Waals surface area contributed by atoms with Crippen molar-refractivity contribution >= 4 is 39.3 Å². The zero-order valence-electron chi connectivity index (χ0n) is 9.17. The van der Waals surface area contributed by atoms with Crippen LogP contribution in [0.5, 0.6) is 0 Å². The summed E-state index contributed by atoms with van der Waals surface area (Å²) >= 11 is 11.1. The molecule has 0 amide bonds. The number of nitrogens with one attached hydrogen (secondary N) is 1. The van der Waals surface area contributed by atoms with E-state index in [4.69, 9.17) is 11.6 Å². The summed E-state index contributed by atoms with van der Waals surface area (Å²) < 4.78 is 0.826. The molecule has 0 atom stereocenters. The number of aromatic nitrogens is 2. The van der Waals surface area contributed by atoms with Crippen LogP contribution < -0.4 is 5.56 Å². The Morgan fingerprint density at radius 3 is 3.00 bits per heavy atom. The first-order valence-corrected chi connectivity index (χ1v) is 7.63. The number of benzene rings is 1. The number of halogens is 2. The third-order valence-corrected chi connectivity index (χ3v) is 4.98. The van der Waals surface area contributed by atoms with E-state index >= 15 is 0 Å². The average molecular weight is 344 g/mol. The molecule has 2 aromatic rings. The number of H-pyrrole nitrogens is 1. The normalized spacial score (nSPS) is 13.7. The summed E-state index contributed by atoms with van der Waals surface area (Å²) in [6, 6.07) is 5.51. The van der Waals surface area contributed by atoms with Gasteiger partial charge in [0.05, 0.1) is 10.7 Å². The second-order valence-corrected chi connectivity index (χ2v) is 6.21. The maximum atomic E-state index is 11.9. The highest BCUT2D eigenvalue weighted by Crippen LogP contribution is 2.29. The molecule has 3 nitrogen and oxygen atoms in total. The summed E-state index contributed by atoms with van der Waals surface area (Å²) in [6.07, 6.45) is 0. The van der Waals surface area contributed by atoms with E-state index in [1.54, 1.807) is 17.8 Å². The predicted octanol–water partition coefficient (Wildman–Crippen LogP) is 3.60. The van der Waals surface area contributed by atoms with Gasteiger partial charge < -0.3 is 4.98 Å². The molecule has 6 heteroatoms. The standard InChI is InChI=1S/C12H8BrClN2OS/c13-8-2-1-6(3-9(8)14)11-15-10-5-18-4-7(10)12(17)16-11/h1-3H,4-5H2,(H,15,16,17). The van der Waals surface area contributed by atoms with E-state index in [0.717, 1.165) is 32.8 Å². The van der Waals surface area contributed by atoms with Crippen LogP contribution in [0.15, 0.2) is 27.5 Å². The van der Waals surface area contributed by atoms with Crippen LogP contribution in [-0.2, 0) is 11.5 Å². The zero-order valence-corrected chi connectivity index (χ0v) is 12.3. The van der Waals surface area contributed by atoms with Gasteiger partial charge in [0.25, 0.3) is 5.56 Å². The van der Waals surface area contributed by atoms with Gasteiger partial charge >= 0.3 is 0 Å². The van der Waals surface area contributed by atoms with Gasteiger partial charge in [-0.15, -0.1) is 0 Å². The molecule has 0 saturated heterocycles. The zero-order chi connectivity index (χ0) is 12.7. The molecule has 1 aromatic carbocycles. The van der Waals surface area contributed by atoms with Crippen LogP contribution in [-0.4, -0.2) is 9.97 Å². The Labute approximate surface area is 121 Å². The number of nitrogens with zero attached hydrogens (tertiary/aromatic N) is 1. The number of hydrogen-bond donors (Lipinski definition) is 1. The van der Waals surface area contributed by atoms with Gasteiger partial charge in [-0.25, -0.2) is 4.98 Å². The van der Waals surface area contributed by atoms with Crippen LogP contribution in [0.25, 0.3) is 11.4 Å². The molecule has 3 rings (SSSR count). The van der Waals surface area contributed by atoms with Gasteiger partial charge in [-0.1, -0.05) is 17.7 Å². The van der Waals surface area contributed by atoms with Crippen molar-refractivity contribution in [3.63, 3.8) is 0 Å². The molecular weight excluding hydrogens is 336 g/mol. The summed E-state index contributed by atoms with van der Waals surface area (Å²) in [7, 11) is 0. The van der Waals surface area contributed by atoms with Crippen LogP contribution >= 0.6 is 39.3 Å². The maximum Gasteiger partial charge on any atom is 0.255 e. The van der Waals surface area contributed by atoms with E-state index in [1.807, 2.05) is 12.1 Å². The lowest BCUT2D eigenvalue weighted by molar-refractivity contribution is 1.03. The first-order valence-electron chi connectivity index (χ1n) is 5.30. The smallest absolute Gasteiger partial charge is 0.255 e. The minimum absolute atomic E-state index is 0.0426. The minimum Gasteiger partial charge on any atom is -0.306 e. The Bertz CT molecular complexity index is 686. The SMILES string of the molecule is O=c1[nH]c(-c2ccc(Br)c(Cl)c2)nc2c1CSC2. The van der Waals surface area contributed by atoms with E-state index in [-0.39, 0.29) is 5.56 Å². The van der Waals surface area contributed by atoms with E-state index in [9.17, 15) is 4.79 Å². The quantitative estimate of drug-likeness (QED) is 0.860. The number of aromatic amines is 1. The first-order chi connectivity index (χ1) is 8.65. The summed E-state index contributed by atoms with van der Waals surface area (Å²) in [5.74, 6) is 2.13. The third-order valence-electron chi connectivity index (χ3n) is 2.78. The average Bonchev–Trinajstić information content (AvgIpc) is 2.81. The molecule has 92 valence electrons. The van der Waals surface area contributed by atoms with Gasteiger partial charge in [-0.3, -0.25) is 4.79 Å². The van der Waals surface area contributed by atoms with Crippen molar-refractivity contribution < 1.29 is 0 Å². The van der Waals surface area contributed by atoms with Gasteiger partial charge in [-0.2, -0.15) is 11.8 Å². The Kier molecular flexibility index (Phi) is 3.21. The second kappa shape index (κ2) is 4.72. The monoisotopic (exact) mass is 342 g/mol. The molecule has 0 radical (unpaired) electrons. The molecule has 1 aliphatic rings. The summed E-state index contributed by atoms with van der Waals surface area (Å²) in [4.78, 5) is 19.2. The van der Waals surface area contributed by atoms with Crippen molar-refractivity contribution in [1.82, 2.24) is 9.97 Å². The lowest BCUT2D eigenvalue weighted by Gasteiger charge is -2.05. The number of hydrogen-bond acceptors (Lipinski definition) is 3. The van der Waals surface area contributed by atoms with Crippen LogP contribution in [0.2, 0.25) is 5.02 Å². The highest BCUT2D eigenvalue weighted by molar-refractivity contribution is 9.10. The predicted molar refractivity (Wildman–Crippen MR) is 78.0 cm³/mol. The fourth-order valence-electron chi connectivity index (χ4n) is 1.84. The van der Waals surface area contributed by atoms with Crippen molar-refractivity contribution in [2.45, 2.75) is 11.5 Å². The Morgan fingerprint density at radius 1 is 1.39 bits per heavy atom. The second-order valence-electron chi connectivity index (χ2n) is 3.96. The van der Waals surface area contributed by atoms with Crippen LogP contribution in [0.4, 0.5) is 0 Å². The van der Waals surface area contributed by atoms with Crippen LogP contribution in [0.3, 0.4) is 0 Å². The van der Waals surface area contributed by atoms with Crippen molar-refractivity contribution in [3.05, 3.63) is 49.3 Å². The molecule has 18 heavy (non-hydrogen) atoms. The van der Waals surface area contributed by atoms with E-state index < -0.39 is 0 Å². The number of thioether (sulfide) groups is 1. The van der Waals surface area contributed by atoms with Crippen molar-refractivity contribution in [3.8, 4) is 11.4 Å². The molecule has 0 fully saturated rings. The van der Waals surface area contributed by atoms with Gasteiger partial charge in [0.15, 0.2) is 0 Å². The molecule has 2 heterocycles. The maximum absolute atomic E-state index is 11.9. The summed E-state index contributed by atoms with van der Waals surface area (Å²) in [5, 5.41) is 0.602. The molecule has 1 aliphatic heterocycles. The molecule has 0 bridgehead atoms. The van der Waals surface area contributed by atoms with E-state index in [0.29, 0.717) is 10.8 Å². The topological polar surface area (TPSA) is 45.8 Å².